The first kappa shape index (κ1) is 25.1. The van der Waals surface area contributed by atoms with Crippen LogP contribution in [0.3, 0.4) is 0 Å². The second-order valence-electron chi connectivity index (χ2n) is 7.47. The van der Waals surface area contributed by atoms with Crippen LogP contribution in [0.25, 0.3) is 0 Å². The third-order valence-electron chi connectivity index (χ3n) is 4.97. The number of benzene rings is 3. The number of hydrazone groups is 1. The fraction of sp³-hybridized carbons (Fsp3) is 0.231. The molecule has 1 amide bonds. The first-order valence-corrected chi connectivity index (χ1v) is 11.3. The van der Waals surface area contributed by atoms with Crippen LogP contribution in [-0.2, 0) is 17.8 Å². The van der Waals surface area contributed by atoms with Gasteiger partial charge in [0.05, 0.1) is 38.4 Å². The summed E-state index contributed by atoms with van der Waals surface area (Å²) in [6.45, 7) is 2.46. The number of rotatable bonds is 10. The molecule has 0 heterocycles. The van der Waals surface area contributed by atoms with E-state index in [0.29, 0.717) is 29.6 Å². The predicted octanol–water partition coefficient (Wildman–Crippen LogP) is 5.06. The van der Waals surface area contributed by atoms with Crippen LogP contribution in [0.5, 0.6) is 23.0 Å². The van der Waals surface area contributed by atoms with Gasteiger partial charge in [-0.3, -0.25) is 4.79 Å². The molecule has 7 nitrogen and oxygen atoms in total. The number of carbonyl (C=O) groups excluding carboxylic acids is 1. The van der Waals surface area contributed by atoms with Crippen molar-refractivity contribution in [2.24, 2.45) is 5.10 Å². The van der Waals surface area contributed by atoms with E-state index >= 15 is 0 Å². The zero-order chi connectivity index (χ0) is 24.5. The smallest absolute Gasteiger partial charge is 0.244 e. The molecule has 3 rings (SSSR count). The van der Waals surface area contributed by atoms with Gasteiger partial charge in [-0.15, -0.1) is 0 Å². The third-order valence-corrected chi connectivity index (χ3v) is 5.56. The van der Waals surface area contributed by atoms with Crippen molar-refractivity contribution in [1.82, 2.24) is 5.43 Å². The van der Waals surface area contributed by atoms with E-state index in [2.05, 4.69) is 26.5 Å². The number of nitrogens with zero attached hydrogens (tertiary/aromatic N) is 1. The highest BCUT2D eigenvalue weighted by molar-refractivity contribution is 9.10. The minimum atomic E-state index is -0.257. The second kappa shape index (κ2) is 12.1. The number of hydrogen-bond donors (Lipinski definition) is 1. The number of ether oxygens (including phenoxy) is 4. The summed E-state index contributed by atoms with van der Waals surface area (Å²) in [6, 6.07) is 17.1. The van der Waals surface area contributed by atoms with Gasteiger partial charge in [0.25, 0.3) is 0 Å². The third kappa shape index (κ3) is 6.74. The minimum absolute atomic E-state index is 0.149. The number of methoxy groups -OCH3 is 3. The maximum atomic E-state index is 12.3. The quantitative estimate of drug-likeness (QED) is 0.295. The molecule has 0 radical (unpaired) electrons. The molecular weight excluding hydrogens is 500 g/mol. The molecule has 8 heteroatoms. The summed E-state index contributed by atoms with van der Waals surface area (Å²) >= 11 is 3.54. The van der Waals surface area contributed by atoms with Crippen molar-refractivity contribution in [3.8, 4) is 23.0 Å². The van der Waals surface area contributed by atoms with Gasteiger partial charge < -0.3 is 18.9 Å². The Labute approximate surface area is 207 Å². The number of halogens is 1. The van der Waals surface area contributed by atoms with Crippen LogP contribution in [0.15, 0.2) is 64.2 Å². The predicted molar refractivity (Wildman–Crippen MR) is 135 cm³/mol. The van der Waals surface area contributed by atoms with Crippen molar-refractivity contribution in [3.63, 3.8) is 0 Å². The summed E-state index contributed by atoms with van der Waals surface area (Å²) in [6.07, 6.45) is 1.69. The number of aryl methyl sites for hydroxylation is 1. The maximum absolute atomic E-state index is 12.3. The van der Waals surface area contributed by atoms with Crippen LogP contribution >= 0.6 is 15.9 Å². The molecule has 0 aliphatic rings. The van der Waals surface area contributed by atoms with Crippen LogP contribution in [-0.4, -0.2) is 33.5 Å². The summed E-state index contributed by atoms with van der Waals surface area (Å²) in [4.78, 5) is 12.3. The Morgan fingerprint density at radius 1 is 0.912 bits per heavy atom. The summed E-state index contributed by atoms with van der Waals surface area (Å²) < 4.78 is 22.7. The summed E-state index contributed by atoms with van der Waals surface area (Å²) in [5.41, 5.74) is 6.31. The largest absolute Gasteiger partial charge is 0.493 e. The van der Waals surface area contributed by atoms with Crippen molar-refractivity contribution >= 4 is 28.1 Å². The van der Waals surface area contributed by atoms with Gasteiger partial charge >= 0.3 is 0 Å². The van der Waals surface area contributed by atoms with E-state index in [1.165, 1.54) is 5.56 Å². The molecule has 0 bridgehead atoms. The first-order chi connectivity index (χ1) is 16.4. The minimum Gasteiger partial charge on any atom is -0.493 e. The van der Waals surface area contributed by atoms with E-state index in [1.54, 1.807) is 45.7 Å². The van der Waals surface area contributed by atoms with Crippen molar-refractivity contribution in [3.05, 3.63) is 81.3 Å². The van der Waals surface area contributed by atoms with Gasteiger partial charge in [0, 0.05) is 0 Å². The molecule has 0 spiro atoms. The molecule has 0 fully saturated rings. The Kier molecular flexibility index (Phi) is 8.93. The van der Waals surface area contributed by atoms with Gasteiger partial charge in [-0.05, 0) is 63.8 Å². The van der Waals surface area contributed by atoms with Crippen LogP contribution in [0.4, 0.5) is 0 Å². The maximum Gasteiger partial charge on any atom is 0.244 e. The molecule has 0 atom stereocenters. The monoisotopic (exact) mass is 526 g/mol. The lowest BCUT2D eigenvalue weighted by atomic mass is 10.1. The topological polar surface area (TPSA) is 78.4 Å². The van der Waals surface area contributed by atoms with Gasteiger partial charge in [0.2, 0.25) is 5.91 Å². The lowest BCUT2D eigenvalue weighted by molar-refractivity contribution is -0.120. The molecule has 3 aromatic rings. The Morgan fingerprint density at radius 3 is 2.26 bits per heavy atom. The van der Waals surface area contributed by atoms with E-state index in [1.807, 2.05) is 43.3 Å². The van der Waals surface area contributed by atoms with Gasteiger partial charge in [-0.2, -0.15) is 5.10 Å². The van der Waals surface area contributed by atoms with Crippen molar-refractivity contribution in [2.75, 3.05) is 21.3 Å². The Balaban J connectivity index is 1.62. The van der Waals surface area contributed by atoms with E-state index < -0.39 is 0 Å². The van der Waals surface area contributed by atoms with Gasteiger partial charge in [-0.1, -0.05) is 35.9 Å². The molecule has 0 aliphatic heterocycles. The fourth-order valence-electron chi connectivity index (χ4n) is 3.19. The highest BCUT2D eigenvalue weighted by Crippen LogP contribution is 2.37. The molecule has 1 N–H and O–H groups in total. The first-order valence-electron chi connectivity index (χ1n) is 10.5. The zero-order valence-corrected chi connectivity index (χ0v) is 21.1. The van der Waals surface area contributed by atoms with E-state index in [0.717, 1.165) is 21.2 Å². The summed E-state index contributed by atoms with van der Waals surface area (Å²) in [5.74, 6) is 2.07. The van der Waals surface area contributed by atoms with Crippen LogP contribution < -0.4 is 24.4 Å². The standard InChI is InChI=1S/C26H27BrN2O5/c1-17-5-7-18(8-6-17)16-34-26-21(27)11-20(13-24(26)33-4)15-28-29-25(30)14-19-9-10-22(31-2)23(12-19)32-3/h5-13,15H,14,16H2,1-4H3,(H,29,30)/b28-15-. The van der Waals surface area contributed by atoms with Crippen molar-refractivity contribution < 1.29 is 23.7 Å². The molecule has 0 aromatic heterocycles. The Hall–Kier alpha value is -3.52. The average molecular weight is 527 g/mol. The Bertz CT molecular complexity index is 1160. The normalized spacial score (nSPS) is 10.7. The molecular formula is C26H27BrN2O5. The number of carbonyl (C=O) groups is 1. The van der Waals surface area contributed by atoms with Crippen LogP contribution in [0.2, 0.25) is 0 Å². The van der Waals surface area contributed by atoms with Gasteiger partial charge in [-0.25, -0.2) is 5.43 Å². The highest BCUT2D eigenvalue weighted by atomic mass is 79.9. The van der Waals surface area contributed by atoms with Crippen molar-refractivity contribution in [1.29, 1.82) is 0 Å². The summed E-state index contributed by atoms with van der Waals surface area (Å²) in [7, 11) is 4.69. The van der Waals surface area contributed by atoms with E-state index in [4.69, 9.17) is 18.9 Å². The van der Waals surface area contributed by atoms with E-state index in [9.17, 15) is 4.79 Å². The molecule has 0 aliphatic carbocycles. The number of nitrogens with one attached hydrogen (secondary N) is 1. The molecule has 178 valence electrons. The summed E-state index contributed by atoms with van der Waals surface area (Å²) in [5, 5.41) is 4.06. The number of amides is 1. The van der Waals surface area contributed by atoms with Gasteiger partial charge in [0.1, 0.15) is 6.61 Å². The SMILES string of the molecule is COc1ccc(CC(=O)N/N=C\c2cc(Br)c(OCc3ccc(C)cc3)c(OC)c2)cc1OC. The second-order valence-corrected chi connectivity index (χ2v) is 8.32. The van der Waals surface area contributed by atoms with Crippen LogP contribution in [0, 0.1) is 6.92 Å². The highest BCUT2D eigenvalue weighted by Gasteiger charge is 2.12. The molecule has 0 saturated carbocycles. The van der Waals surface area contributed by atoms with E-state index in [-0.39, 0.29) is 12.3 Å². The lowest BCUT2D eigenvalue weighted by Crippen LogP contribution is -2.19. The molecule has 3 aromatic carbocycles. The Morgan fingerprint density at radius 2 is 1.59 bits per heavy atom. The zero-order valence-electron chi connectivity index (χ0n) is 19.6. The molecule has 34 heavy (non-hydrogen) atoms. The van der Waals surface area contributed by atoms with Crippen LogP contribution in [0.1, 0.15) is 22.3 Å². The van der Waals surface area contributed by atoms with Gasteiger partial charge in [0.15, 0.2) is 23.0 Å². The van der Waals surface area contributed by atoms with Crippen molar-refractivity contribution in [2.45, 2.75) is 20.0 Å². The molecule has 0 unspecified atom stereocenters. The fourth-order valence-corrected chi connectivity index (χ4v) is 3.76. The average Bonchev–Trinajstić information content (AvgIpc) is 2.84. The molecule has 0 saturated heterocycles. The number of hydrogen-bond acceptors (Lipinski definition) is 6. The lowest BCUT2D eigenvalue weighted by Gasteiger charge is -2.13.